The van der Waals surface area contributed by atoms with E-state index in [1.807, 2.05) is 37.3 Å². The van der Waals surface area contributed by atoms with Crippen LogP contribution in [0, 0.1) is 25.6 Å². The summed E-state index contributed by atoms with van der Waals surface area (Å²) in [5.74, 6) is -2.23. The van der Waals surface area contributed by atoms with Crippen LogP contribution in [-0.4, -0.2) is 11.9 Å². The van der Waals surface area contributed by atoms with Crippen LogP contribution in [0.5, 0.6) is 0 Å². The largest absolute Gasteiger partial charge is 0.460 e. The molecule has 2 aromatic carbocycles. The molecule has 0 radical (unpaired) electrons. The molecule has 0 aliphatic carbocycles. The quantitative estimate of drug-likeness (QED) is 0.585. The van der Waals surface area contributed by atoms with E-state index < -0.39 is 17.8 Å². The van der Waals surface area contributed by atoms with Crippen molar-refractivity contribution in [3.63, 3.8) is 0 Å². The first-order valence-electron chi connectivity index (χ1n) is 8.70. The number of anilines is 1. The third-order valence-corrected chi connectivity index (χ3v) is 4.15. The monoisotopic (exact) mass is 357 g/mol. The van der Waals surface area contributed by atoms with Gasteiger partial charge in [0.05, 0.1) is 0 Å². The zero-order chi connectivity index (χ0) is 19.1. The Kier molecular flexibility index (Phi) is 6.89. The molecule has 0 aliphatic rings. The average molecular weight is 357 g/mol. The fourth-order valence-corrected chi connectivity index (χ4v) is 2.79. The normalized spacial score (nSPS) is 11.7. The molecule has 1 atom stereocenters. The molecule has 1 amide bonds. The Balaban J connectivity index is 2.08. The predicted molar refractivity (Wildman–Crippen MR) is 99.1 cm³/mol. The van der Waals surface area contributed by atoms with Crippen LogP contribution in [0.1, 0.15) is 36.5 Å². The van der Waals surface area contributed by atoms with Gasteiger partial charge in [-0.1, -0.05) is 43.7 Å². The van der Waals surface area contributed by atoms with Crippen molar-refractivity contribution < 1.29 is 18.7 Å². The van der Waals surface area contributed by atoms with Gasteiger partial charge in [-0.15, -0.1) is 0 Å². The van der Waals surface area contributed by atoms with Crippen molar-refractivity contribution in [3.8, 4) is 0 Å². The van der Waals surface area contributed by atoms with Crippen LogP contribution in [0.3, 0.4) is 0 Å². The summed E-state index contributed by atoms with van der Waals surface area (Å²) in [6, 6.07) is 12.0. The van der Waals surface area contributed by atoms with Gasteiger partial charge in [0.25, 0.3) is 0 Å². The maximum atomic E-state index is 13.4. The van der Waals surface area contributed by atoms with E-state index in [4.69, 9.17) is 4.74 Å². The summed E-state index contributed by atoms with van der Waals surface area (Å²) >= 11 is 0. The van der Waals surface area contributed by atoms with Crippen LogP contribution in [-0.2, 0) is 20.9 Å². The number of nitrogens with one attached hydrogen (secondary N) is 1. The molecule has 0 saturated carbocycles. The lowest BCUT2D eigenvalue weighted by Crippen LogP contribution is -2.31. The molecule has 0 saturated heterocycles. The molecule has 2 aromatic rings. The minimum Gasteiger partial charge on any atom is -0.460 e. The fraction of sp³-hybridized carbons (Fsp3) is 0.333. The molecule has 0 aromatic heterocycles. The molecule has 0 spiro atoms. The van der Waals surface area contributed by atoms with Gasteiger partial charge in [0, 0.05) is 5.69 Å². The van der Waals surface area contributed by atoms with E-state index in [1.165, 1.54) is 12.1 Å². The van der Waals surface area contributed by atoms with Gasteiger partial charge in [-0.05, 0) is 49.1 Å². The lowest BCUT2D eigenvalue weighted by Gasteiger charge is -2.18. The lowest BCUT2D eigenvalue weighted by atomic mass is 10.0. The number of benzene rings is 2. The number of ether oxygens (including phenoxy) is 1. The lowest BCUT2D eigenvalue weighted by molar-refractivity contribution is -0.152. The summed E-state index contributed by atoms with van der Waals surface area (Å²) in [4.78, 5) is 25.1. The fourth-order valence-electron chi connectivity index (χ4n) is 2.79. The van der Waals surface area contributed by atoms with Gasteiger partial charge in [0.15, 0.2) is 0 Å². The van der Waals surface area contributed by atoms with Crippen LogP contribution in [0.4, 0.5) is 10.1 Å². The van der Waals surface area contributed by atoms with Crippen molar-refractivity contribution in [2.75, 3.05) is 5.32 Å². The average Bonchev–Trinajstić information content (AvgIpc) is 2.61. The first-order valence-corrected chi connectivity index (χ1v) is 8.70. The molecule has 26 heavy (non-hydrogen) atoms. The number of esters is 1. The first-order chi connectivity index (χ1) is 12.4. The Morgan fingerprint density at radius 2 is 1.73 bits per heavy atom. The van der Waals surface area contributed by atoms with E-state index in [0.717, 1.165) is 5.56 Å². The number of hydrogen-bond acceptors (Lipinski definition) is 3. The van der Waals surface area contributed by atoms with Crippen molar-refractivity contribution in [2.45, 2.75) is 40.2 Å². The number of carbonyl (C=O) groups is 2. The van der Waals surface area contributed by atoms with Crippen LogP contribution in [0.2, 0.25) is 0 Å². The summed E-state index contributed by atoms with van der Waals surface area (Å²) in [7, 11) is 0. The zero-order valence-electron chi connectivity index (χ0n) is 15.3. The van der Waals surface area contributed by atoms with Crippen molar-refractivity contribution in [3.05, 3.63) is 65.0 Å². The molecule has 5 heteroatoms. The summed E-state index contributed by atoms with van der Waals surface area (Å²) in [6.45, 7) is 5.46. The first kappa shape index (κ1) is 19.6. The van der Waals surface area contributed by atoms with Crippen molar-refractivity contribution in [2.24, 2.45) is 5.92 Å². The standard InChI is InChI=1S/C21H24FNO3/c1-4-8-18(21(25)26-13-16-9-6-5-7-10-16)20(24)23-19-14(2)11-17(22)12-15(19)3/h5-7,9-12,18H,4,8,13H2,1-3H3,(H,23,24). The molecule has 0 bridgehead atoms. The molecule has 1 unspecified atom stereocenters. The number of carbonyl (C=O) groups excluding carboxylic acids is 2. The smallest absolute Gasteiger partial charge is 0.318 e. The van der Waals surface area contributed by atoms with Gasteiger partial charge >= 0.3 is 5.97 Å². The minimum absolute atomic E-state index is 0.127. The van der Waals surface area contributed by atoms with Crippen molar-refractivity contribution >= 4 is 17.6 Å². The number of aryl methyl sites for hydroxylation is 2. The van der Waals surface area contributed by atoms with Gasteiger partial charge in [0.1, 0.15) is 18.3 Å². The molecule has 138 valence electrons. The second-order valence-electron chi connectivity index (χ2n) is 6.34. The second kappa shape index (κ2) is 9.13. The van der Waals surface area contributed by atoms with E-state index in [9.17, 15) is 14.0 Å². The highest BCUT2D eigenvalue weighted by Crippen LogP contribution is 2.23. The highest BCUT2D eigenvalue weighted by molar-refractivity contribution is 6.05. The number of hydrogen-bond donors (Lipinski definition) is 1. The van der Waals surface area contributed by atoms with E-state index in [-0.39, 0.29) is 12.4 Å². The highest BCUT2D eigenvalue weighted by atomic mass is 19.1. The van der Waals surface area contributed by atoms with E-state index in [1.54, 1.807) is 13.8 Å². The minimum atomic E-state index is -0.896. The Morgan fingerprint density at radius 3 is 2.31 bits per heavy atom. The molecule has 4 nitrogen and oxygen atoms in total. The molecule has 0 heterocycles. The van der Waals surface area contributed by atoms with Gasteiger partial charge < -0.3 is 10.1 Å². The number of halogens is 1. The third kappa shape index (κ3) is 5.15. The van der Waals surface area contributed by atoms with E-state index in [0.29, 0.717) is 29.7 Å². The Labute approximate surface area is 153 Å². The summed E-state index contributed by atoms with van der Waals surface area (Å²) in [5, 5.41) is 2.76. The van der Waals surface area contributed by atoms with Gasteiger partial charge in [-0.3, -0.25) is 9.59 Å². The van der Waals surface area contributed by atoms with Gasteiger partial charge in [0.2, 0.25) is 5.91 Å². The number of rotatable bonds is 7. The summed E-state index contributed by atoms with van der Waals surface area (Å²) in [6.07, 6.45) is 1.05. The van der Waals surface area contributed by atoms with Crippen LogP contribution in [0.25, 0.3) is 0 Å². The van der Waals surface area contributed by atoms with Crippen LogP contribution < -0.4 is 5.32 Å². The summed E-state index contributed by atoms with van der Waals surface area (Å²) in [5.41, 5.74) is 2.63. The van der Waals surface area contributed by atoms with Gasteiger partial charge in [-0.25, -0.2) is 4.39 Å². The van der Waals surface area contributed by atoms with E-state index in [2.05, 4.69) is 5.32 Å². The maximum absolute atomic E-state index is 13.4. The molecule has 1 N–H and O–H groups in total. The number of amides is 1. The Bertz CT molecular complexity index is 751. The van der Waals surface area contributed by atoms with Crippen molar-refractivity contribution in [1.29, 1.82) is 0 Å². The molecule has 0 aliphatic heterocycles. The third-order valence-electron chi connectivity index (χ3n) is 4.15. The van der Waals surface area contributed by atoms with E-state index >= 15 is 0 Å². The molecular weight excluding hydrogens is 333 g/mol. The second-order valence-corrected chi connectivity index (χ2v) is 6.34. The van der Waals surface area contributed by atoms with Crippen LogP contribution >= 0.6 is 0 Å². The molecule has 2 rings (SSSR count). The SMILES string of the molecule is CCCC(C(=O)Nc1c(C)cc(F)cc1C)C(=O)OCc1ccccc1. The zero-order valence-corrected chi connectivity index (χ0v) is 15.3. The predicted octanol–water partition coefficient (Wildman–Crippen LogP) is 4.54. The van der Waals surface area contributed by atoms with Crippen LogP contribution in [0.15, 0.2) is 42.5 Å². The Hall–Kier alpha value is -2.69. The van der Waals surface area contributed by atoms with Gasteiger partial charge in [-0.2, -0.15) is 0 Å². The summed E-state index contributed by atoms with van der Waals surface area (Å²) < 4.78 is 18.7. The molecule has 0 fully saturated rings. The Morgan fingerprint density at radius 1 is 1.12 bits per heavy atom. The maximum Gasteiger partial charge on any atom is 0.318 e. The molecular formula is C21H24FNO3. The topological polar surface area (TPSA) is 55.4 Å². The highest BCUT2D eigenvalue weighted by Gasteiger charge is 2.28. The van der Waals surface area contributed by atoms with Crippen molar-refractivity contribution in [1.82, 2.24) is 0 Å².